The molecule has 2 nitrogen and oxygen atoms in total. The highest BCUT2D eigenvalue weighted by molar-refractivity contribution is 6.75. The van der Waals surface area contributed by atoms with Crippen molar-refractivity contribution in [3.05, 3.63) is 35.4 Å². The highest BCUT2D eigenvalue weighted by Crippen LogP contribution is 2.16. The summed E-state index contributed by atoms with van der Waals surface area (Å²) in [7, 11) is -1.13. The number of ether oxygens (including phenoxy) is 1. The summed E-state index contributed by atoms with van der Waals surface area (Å²) in [6.45, 7) is 8.87. The fourth-order valence-electron chi connectivity index (χ4n) is 1.62. The van der Waals surface area contributed by atoms with Crippen molar-refractivity contribution in [2.45, 2.75) is 39.2 Å². The normalized spacial score (nSPS) is 11.2. The van der Waals surface area contributed by atoms with Crippen LogP contribution in [0, 0.1) is 0 Å². The number of carbonyl (C=O) groups excluding carboxylic acids is 1. The Morgan fingerprint density at radius 2 is 1.75 bits per heavy atom. The highest BCUT2D eigenvalue weighted by atomic mass is 28.3. The van der Waals surface area contributed by atoms with Gasteiger partial charge in [-0.3, -0.25) is 4.79 Å². The van der Waals surface area contributed by atoms with Crippen LogP contribution in [0.25, 0.3) is 0 Å². The molecule has 1 aromatic rings. The topological polar surface area (TPSA) is 26.3 Å². The van der Waals surface area contributed by atoms with Gasteiger partial charge >= 0.3 is 5.97 Å². The molecule has 0 aliphatic heterocycles. The molecule has 0 radical (unpaired) electrons. The summed E-state index contributed by atoms with van der Waals surface area (Å²) in [6, 6.07) is 9.35. The minimum absolute atomic E-state index is 0.220. The van der Waals surface area contributed by atoms with E-state index in [1.54, 1.807) is 0 Å². The second-order valence-electron chi connectivity index (χ2n) is 5.29. The van der Waals surface area contributed by atoms with Crippen LogP contribution in [0.5, 0.6) is 0 Å². The molecule has 16 heavy (non-hydrogen) atoms. The molecule has 1 rings (SSSR count). The largest absolute Gasteiger partial charge is 0.461 e. The van der Waals surface area contributed by atoms with Gasteiger partial charge in [-0.2, -0.15) is 0 Å². The first kappa shape index (κ1) is 13.0. The molecule has 0 unspecified atom stereocenters. The van der Waals surface area contributed by atoms with Crippen LogP contribution in [0.3, 0.4) is 0 Å². The quantitative estimate of drug-likeness (QED) is 0.593. The van der Waals surface area contributed by atoms with E-state index in [1.165, 1.54) is 12.5 Å². The lowest BCUT2D eigenvalue weighted by Gasteiger charge is -2.18. The summed E-state index contributed by atoms with van der Waals surface area (Å²) in [4.78, 5) is 10.8. The van der Waals surface area contributed by atoms with E-state index in [4.69, 9.17) is 4.74 Å². The van der Waals surface area contributed by atoms with Gasteiger partial charge in [-0.15, -0.1) is 0 Å². The second kappa shape index (κ2) is 5.30. The lowest BCUT2D eigenvalue weighted by Crippen LogP contribution is -2.24. The maximum absolute atomic E-state index is 10.8. The van der Waals surface area contributed by atoms with Crippen molar-refractivity contribution in [1.82, 2.24) is 0 Å². The molecule has 0 amide bonds. The Labute approximate surface area is 98.6 Å². The average Bonchev–Trinajstić information content (AvgIpc) is 2.14. The zero-order valence-corrected chi connectivity index (χ0v) is 11.5. The minimum atomic E-state index is -1.13. The van der Waals surface area contributed by atoms with Gasteiger partial charge < -0.3 is 4.74 Å². The first-order valence-electron chi connectivity index (χ1n) is 5.58. The second-order valence-corrected chi connectivity index (χ2v) is 10.8. The predicted octanol–water partition coefficient (Wildman–Crippen LogP) is 3.17. The van der Waals surface area contributed by atoms with Gasteiger partial charge in [0, 0.05) is 15.0 Å². The fourth-order valence-corrected chi connectivity index (χ4v) is 3.11. The molecular formula is C13H20O2Si. The Bertz CT molecular complexity index is 366. The number of hydrogen-bond acceptors (Lipinski definition) is 2. The molecule has 0 fully saturated rings. The third kappa shape index (κ3) is 4.62. The Balaban J connectivity index is 2.79. The maximum Gasteiger partial charge on any atom is 0.302 e. The lowest BCUT2D eigenvalue weighted by molar-refractivity contribution is -0.142. The molecule has 0 heterocycles. The van der Waals surface area contributed by atoms with Gasteiger partial charge in [0.15, 0.2) is 0 Å². The minimum Gasteiger partial charge on any atom is -0.461 e. The molecule has 88 valence electrons. The van der Waals surface area contributed by atoms with Crippen LogP contribution in [-0.2, 0) is 22.2 Å². The zero-order valence-electron chi connectivity index (χ0n) is 10.5. The lowest BCUT2D eigenvalue weighted by atomic mass is 10.1. The van der Waals surface area contributed by atoms with Gasteiger partial charge in [0.2, 0.25) is 0 Å². The summed E-state index contributed by atoms with van der Waals surface area (Å²) >= 11 is 0. The molecule has 0 spiro atoms. The van der Waals surface area contributed by atoms with Crippen molar-refractivity contribution in [3.63, 3.8) is 0 Å². The molecule has 0 aromatic heterocycles. The number of hydrogen-bond donors (Lipinski definition) is 0. The van der Waals surface area contributed by atoms with Gasteiger partial charge in [0.1, 0.15) is 6.61 Å². The van der Waals surface area contributed by atoms with Gasteiger partial charge in [-0.1, -0.05) is 43.9 Å². The molecule has 0 saturated heterocycles. The Morgan fingerprint density at radius 1 is 1.19 bits per heavy atom. The molecule has 0 aliphatic rings. The van der Waals surface area contributed by atoms with Crippen LogP contribution in [0.4, 0.5) is 0 Å². The van der Waals surface area contributed by atoms with Crippen molar-refractivity contribution in [1.29, 1.82) is 0 Å². The average molecular weight is 236 g/mol. The van der Waals surface area contributed by atoms with E-state index >= 15 is 0 Å². The molecule has 0 aliphatic carbocycles. The van der Waals surface area contributed by atoms with E-state index in [-0.39, 0.29) is 5.97 Å². The van der Waals surface area contributed by atoms with Crippen LogP contribution < -0.4 is 0 Å². The number of esters is 1. The van der Waals surface area contributed by atoms with Crippen LogP contribution in [0.1, 0.15) is 18.1 Å². The number of carbonyl (C=O) groups is 1. The van der Waals surface area contributed by atoms with E-state index in [0.29, 0.717) is 6.61 Å². The van der Waals surface area contributed by atoms with Crippen LogP contribution >= 0.6 is 0 Å². The van der Waals surface area contributed by atoms with Crippen molar-refractivity contribution in [2.75, 3.05) is 0 Å². The van der Waals surface area contributed by atoms with E-state index < -0.39 is 8.07 Å². The van der Waals surface area contributed by atoms with Gasteiger partial charge in [0.25, 0.3) is 0 Å². The van der Waals surface area contributed by atoms with Crippen LogP contribution in [0.2, 0.25) is 19.6 Å². The SMILES string of the molecule is CC(=O)OCc1ccccc1C[Si](C)(C)C. The third-order valence-electron chi connectivity index (χ3n) is 2.27. The monoisotopic (exact) mass is 236 g/mol. The summed E-state index contributed by atoms with van der Waals surface area (Å²) in [5.74, 6) is -0.220. The molecule has 3 heteroatoms. The molecule has 0 saturated carbocycles. The van der Waals surface area contributed by atoms with Crippen molar-refractivity contribution >= 4 is 14.0 Å². The van der Waals surface area contributed by atoms with E-state index in [1.807, 2.05) is 18.2 Å². The molecule has 0 atom stereocenters. The molecular weight excluding hydrogens is 216 g/mol. The molecule has 0 bridgehead atoms. The van der Waals surface area contributed by atoms with Crippen molar-refractivity contribution in [3.8, 4) is 0 Å². The van der Waals surface area contributed by atoms with E-state index in [0.717, 1.165) is 11.6 Å². The van der Waals surface area contributed by atoms with Crippen molar-refractivity contribution < 1.29 is 9.53 Å². The summed E-state index contributed by atoms with van der Waals surface area (Å²) in [5.41, 5.74) is 2.46. The molecule has 0 N–H and O–H groups in total. The van der Waals surface area contributed by atoms with Crippen LogP contribution in [0.15, 0.2) is 24.3 Å². The van der Waals surface area contributed by atoms with Crippen LogP contribution in [-0.4, -0.2) is 14.0 Å². The van der Waals surface area contributed by atoms with Gasteiger partial charge in [-0.05, 0) is 17.2 Å². The Hall–Kier alpha value is -1.09. The summed E-state index contributed by atoms with van der Waals surface area (Å²) < 4.78 is 5.06. The zero-order chi connectivity index (χ0) is 12.2. The number of rotatable bonds is 4. The first-order chi connectivity index (χ1) is 7.38. The highest BCUT2D eigenvalue weighted by Gasteiger charge is 2.16. The standard InChI is InChI=1S/C13H20O2Si/c1-11(14)15-9-12-7-5-6-8-13(12)10-16(2,3)4/h5-8H,9-10H2,1-4H3. The summed E-state index contributed by atoms with van der Waals surface area (Å²) in [5, 5.41) is 0. The number of benzene rings is 1. The van der Waals surface area contributed by atoms with E-state index in [9.17, 15) is 4.79 Å². The molecule has 1 aromatic carbocycles. The maximum atomic E-state index is 10.8. The Morgan fingerprint density at radius 3 is 2.25 bits per heavy atom. The Kier molecular flexibility index (Phi) is 4.30. The predicted molar refractivity (Wildman–Crippen MR) is 69.0 cm³/mol. The summed E-state index contributed by atoms with van der Waals surface area (Å²) in [6.07, 6.45) is 0. The smallest absolute Gasteiger partial charge is 0.302 e. The van der Waals surface area contributed by atoms with E-state index in [2.05, 4.69) is 25.7 Å². The van der Waals surface area contributed by atoms with Gasteiger partial charge in [-0.25, -0.2) is 0 Å². The fraction of sp³-hybridized carbons (Fsp3) is 0.462. The van der Waals surface area contributed by atoms with Gasteiger partial charge in [0.05, 0.1) is 0 Å². The first-order valence-corrected chi connectivity index (χ1v) is 9.29. The third-order valence-corrected chi connectivity index (χ3v) is 3.71. The van der Waals surface area contributed by atoms with Crippen molar-refractivity contribution in [2.24, 2.45) is 0 Å².